The second kappa shape index (κ2) is 9.02. The van der Waals surface area contributed by atoms with Gasteiger partial charge in [-0.25, -0.2) is 14.4 Å². The maximum absolute atomic E-state index is 10.1. The highest BCUT2D eigenvalue weighted by atomic mass is 16.4. The van der Waals surface area contributed by atoms with Crippen molar-refractivity contribution < 1.29 is 50.1 Å². The number of aliphatic hydroxyl groups is 2. The summed E-state index contributed by atoms with van der Waals surface area (Å²) in [5.41, 5.74) is 0.512. The monoisotopic (exact) mass is 330 g/mol. The molecule has 0 aromatic heterocycles. The number of hydrogen-bond donors (Lipinski definition) is 7. The molecule has 10 nitrogen and oxygen atoms in total. The molecule has 0 bridgehead atoms. The van der Waals surface area contributed by atoms with Crippen LogP contribution >= 0.6 is 0 Å². The summed E-state index contributed by atoms with van der Waals surface area (Å²) in [5.74, 6) is -5.10. The van der Waals surface area contributed by atoms with Gasteiger partial charge in [0.2, 0.25) is 0 Å². The van der Waals surface area contributed by atoms with Gasteiger partial charge in [0.05, 0.1) is 0 Å². The van der Waals surface area contributed by atoms with Crippen molar-refractivity contribution in [3.8, 4) is 11.5 Å². The third kappa shape index (κ3) is 7.45. The smallest absolute Gasteiger partial charge is 0.335 e. The number of benzene rings is 1. The zero-order valence-electron chi connectivity index (χ0n) is 11.4. The Morgan fingerprint density at radius 3 is 1.70 bits per heavy atom. The first kappa shape index (κ1) is 19.9. The van der Waals surface area contributed by atoms with E-state index in [0.717, 1.165) is 6.08 Å². The Morgan fingerprint density at radius 1 is 0.870 bits per heavy atom. The molecule has 0 heterocycles. The molecule has 0 aliphatic heterocycles. The standard InChI is InChI=1S/C9H8O4.C4H6O6/c10-7-3-1-6(5-8(7)11)2-4-9(12)13;5-1(3(7)8)2(6)4(9)10/h1-5,10-11H,(H,12,13);1-2,5-6H,(H,7,8)(H,9,10)/b4-2+;. The third-order valence-corrected chi connectivity index (χ3v) is 2.22. The van der Waals surface area contributed by atoms with Crippen LogP contribution in [0, 0.1) is 0 Å². The van der Waals surface area contributed by atoms with Crippen LogP contribution in [0.3, 0.4) is 0 Å². The number of rotatable bonds is 5. The summed E-state index contributed by atoms with van der Waals surface area (Å²) in [5, 5.41) is 58.8. The number of hydrogen-bond acceptors (Lipinski definition) is 7. The molecule has 10 heteroatoms. The van der Waals surface area contributed by atoms with E-state index in [4.69, 9.17) is 35.7 Å². The van der Waals surface area contributed by atoms with Crippen LogP contribution in [-0.2, 0) is 14.4 Å². The molecule has 0 saturated heterocycles. The van der Waals surface area contributed by atoms with Gasteiger partial charge in [-0.05, 0) is 23.8 Å². The minimum atomic E-state index is -2.27. The van der Waals surface area contributed by atoms with Crippen molar-refractivity contribution in [1.82, 2.24) is 0 Å². The molecular formula is C13H14O10. The number of aliphatic carboxylic acids is 3. The van der Waals surface area contributed by atoms with Crippen LogP contribution in [0.1, 0.15) is 5.56 Å². The lowest BCUT2D eigenvalue weighted by Gasteiger charge is -2.07. The predicted molar refractivity (Wildman–Crippen MR) is 73.7 cm³/mol. The van der Waals surface area contributed by atoms with E-state index in [1.807, 2.05) is 0 Å². The first-order valence-electron chi connectivity index (χ1n) is 5.81. The van der Waals surface area contributed by atoms with Crippen LogP contribution in [0.4, 0.5) is 0 Å². The Kier molecular flexibility index (Phi) is 7.80. The van der Waals surface area contributed by atoms with Crippen LogP contribution in [0.5, 0.6) is 11.5 Å². The van der Waals surface area contributed by atoms with Gasteiger partial charge in [-0.1, -0.05) is 6.07 Å². The summed E-state index contributed by atoms with van der Waals surface area (Å²) in [4.78, 5) is 29.7. The molecule has 0 spiro atoms. The van der Waals surface area contributed by atoms with E-state index < -0.39 is 30.1 Å². The number of phenols is 2. The normalized spacial score (nSPS) is 12.8. The Morgan fingerprint density at radius 2 is 1.35 bits per heavy atom. The quantitative estimate of drug-likeness (QED) is 0.262. The second-order valence-corrected chi connectivity index (χ2v) is 3.99. The highest BCUT2D eigenvalue weighted by Gasteiger charge is 2.29. The summed E-state index contributed by atoms with van der Waals surface area (Å²) >= 11 is 0. The molecule has 7 N–H and O–H groups in total. The number of aromatic hydroxyl groups is 2. The van der Waals surface area contributed by atoms with Gasteiger partial charge < -0.3 is 35.7 Å². The van der Waals surface area contributed by atoms with E-state index in [-0.39, 0.29) is 11.5 Å². The summed E-state index contributed by atoms with van der Waals surface area (Å²) in [6.45, 7) is 0. The number of carboxylic acids is 3. The molecule has 23 heavy (non-hydrogen) atoms. The number of carbonyl (C=O) groups is 3. The zero-order chi connectivity index (χ0) is 18.2. The van der Waals surface area contributed by atoms with Crippen LogP contribution in [-0.4, -0.2) is 65.9 Å². The van der Waals surface area contributed by atoms with Gasteiger partial charge in [0.15, 0.2) is 23.7 Å². The van der Waals surface area contributed by atoms with E-state index in [0.29, 0.717) is 5.56 Å². The minimum Gasteiger partial charge on any atom is -0.504 e. The van der Waals surface area contributed by atoms with E-state index in [1.165, 1.54) is 24.3 Å². The summed E-state index contributed by atoms with van der Waals surface area (Å²) < 4.78 is 0. The topological polar surface area (TPSA) is 193 Å². The maximum atomic E-state index is 10.1. The van der Waals surface area contributed by atoms with Crippen molar-refractivity contribution >= 4 is 24.0 Å². The average molecular weight is 330 g/mol. The molecule has 1 aromatic carbocycles. The van der Waals surface area contributed by atoms with Gasteiger partial charge in [0.25, 0.3) is 0 Å². The average Bonchev–Trinajstić information content (AvgIpc) is 2.47. The lowest BCUT2D eigenvalue weighted by atomic mass is 10.2. The highest BCUT2D eigenvalue weighted by molar-refractivity contribution is 5.85. The Balaban J connectivity index is 0.000000438. The maximum Gasteiger partial charge on any atom is 0.335 e. The Bertz CT molecular complexity index is 589. The third-order valence-electron chi connectivity index (χ3n) is 2.22. The summed E-state index contributed by atoms with van der Waals surface area (Å²) in [6.07, 6.45) is -2.26. The molecule has 0 aliphatic rings. The van der Waals surface area contributed by atoms with Crippen LogP contribution in [0.2, 0.25) is 0 Å². The lowest BCUT2D eigenvalue weighted by molar-refractivity contribution is -0.165. The first-order chi connectivity index (χ1) is 10.6. The fourth-order valence-corrected chi connectivity index (χ4v) is 1.08. The van der Waals surface area contributed by atoms with Crippen molar-refractivity contribution in [3.63, 3.8) is 0 Å². The van der Waals surface area contributed by atoms with Gasteiger partial charge in [-0.3, -0.25) is 0 Å². The minimum absolute atomic E-state index is 0.229. The molecule has 0 radical (unpaired) electrons. The summed E-state index contributed by atoms with van der Waals surface area (Å²) in [6, 6.07) is 4.06. The van der Waals surface area contributed by atoms with E-state index in [9.17, 15) is 14.4 Å². The lowest BCUT2D eigenvalue weighted by Crippen LogP contribution is -2.39. The van der Waals surface area contributed by atoms with Gasteiger partial charge in [-0.15, -0.1) is 0 Å². The molecule has 0 amide bonds. The molecule has 0 fully saturated rings. The van der Waals surface area contributed by atoms with Gasteiger partial charge in [0.1, 0.15) is 0 Å². The molecular weight excluding hydrogens is 316 g/mol. The molecule has 126 valence electrons. The zero-order valence-corrected chi connectivity index (χ0v) is 11.4. The van der Waals surface area contributed by atoms with Gasteiger partial charge in [0, 0.05) is 6.08 Å². The second-order valence-electron chi connectivity index (χ2n) is 3.99. The van der Waals surface area contributed by atoms with Crippen LogP contribution in [0.25, 0.3) is 6.08 Å². The molecule has 2 atom stereocenters. The molecule has 0 saturated carbocycles. The largest absolute Gasteiger partial charge is 0.504 e. The van der Waals surface area contributed by atoms with Crippen LogP contribution < -0.4 is 0 Å². The van der Waals surface area contributed by atoms with Crippen molar-refractivity contribution in [3.05, 3.63) is 29.8 Å². The van der Waals surface area contributed by atoms with Gasteiger partial charge in [-0.2, -0.15) is 0 Å². The Labute approximate surface area is 128 Å². The van der Waals surface area contributed by atoms with Crippen molar-refractivity contribution in [1.29, 1.82) is 0 Å². The van der Waals surface area contributed by atoms with E-state index in [2.05, 4.69) is 0 Å². The first-order valence-corrected chi connectivity index (χ1v) is 5.81. The van der Waals surface area contributed by atoms with Crippen molar-refractivity contribution in [2.45, 2.75) is 12.2 Å². The molecule has 2 unspecified atom stereocenters. The van der Waals surface area contributed by atoms with Crippen LogP contribution in [0.15, 0.2) is 24.3 Å². The number of aliphatic hydroxyl groups excluding tert-OH is 2. The van der Waals surface area contributed by atoms with Crippen molar-refractivity contribution in [2.24, 2.45) is 0 Å². The van der Waals surface area contributed by atoms with Gasteiger partial charge >= 0.3 is 17.9 Å². The molecule has 1 rings (SSSR count). The molecule has 1 aromatic rings. The highest BCUT2D eigenvalue weighted by Crippen LogP contribution is 2.25. The number of phenolic OH excluding ortho intramolecular Hbond substituents is 2. The van der Waals surface area contributed by atoms with E-state index >= 15 is 0 Å². The Hall–Kier alpha value is -3.11. The predicted octanol–water partition coefficient (Wildman–Crippen LogP) is -0.927. The fourth-order valence-electron chi connectivity index (χ4n) is 1.08. The van der Waals surface area contributed by atoms with Crippen molar-refractivity contribution in [2.75, 3.05) is 0 Å². The summed E-state index contributed by atoms with van der Waals surface area (Å²) in [7, 11) is 0. The SMILES string of the molecule is O=C(O)/C=C/c1ccc(O)c(O)c1.O=C(O)C(O)C(O)C(=O)O. The van der Waals surface area contributed by atoms with E-state index in [1.54, 1.807) is 0 Å². The fraction of sp³-hybridized carbons (Fsp3) is 0.154. The molecule has 0 aliphatic carbocycles. The number of carboxylic acid groups (broad SMARTS) is 3.